The molecule has 0 radical (unpaired) electrons. The maximum atomic E-state index is 13.0. The zero-order chi connectivity index (χ0) is 10.9. The van der Waals surface area contributed by atoms with Crippen molar-refractivity contribution in [2.45, 2.75) is 20.8 Å². The fourth-order valence-electron chi connectivity index (χ4n) is 1.62. The van der Waals surface area contributed by atoms with E-state index in [0.29, 0.717) is 11.1 Å². The maximum Gasteiger partial charge on any atom is 0.306 e. The Balaban J connectivity index is 3.43. The van der Waals surface area contributed by atoms with Crippen molar-refractivity contribution in [1.82, 2.24) is 0 Å². The van der Waals surface area contributed by atoms with Crippen LogP contribution in [0.4, 0.5) is 13.2 Å². The molecule has 0 saturated carbocycles. The molecule has 1 aromatic rings. The van der Waals surface area contributed by atoms with Gasteiger partial charge in [-0.2, -0.15) is 8.78 Å². The number of halogens is 3. The van der Waals surface area contributed by atoms with Gasteiger partial charge in [-0.25, -0.2) is 4.39 Å². The van der Waals surface area contributed by atoms with E-state index >= 15 is 0 Å². The molecule has 0 aliphatic rings. The molecule has 0 amide bonds. The van der Waals surface area contributed by atoms with Gasteiger partial charge in [-0.05, 0) is 31.9 Å². The molecular weight excluding hydrogens is 189 g/mol. The van der Waals surface area contributed by atoms with E-state index in [0.717, 1.165) is 5.56 Å². The fourth-order valence-corrected chi connectivity index (χ4v) is 1.62. The average Bonchev–Trinajstić information content (AvgIpc) is 2.01. The third-order valence-electron chi connectivity index (χ3n) is 2.06. The quantitative estimate of drug-likeness (QED) is 0.638. The number of benzene rings is 1. The molecule has 76 valence electrons. The lowest BCUT2D eigenvalue weighted by Crippen LogP contribution is -1.92. The molecule has 0 fully saturated rings. The van der Waals surface area contributed by atoms with Crippen molar-refractivity contribution in [3.63, 3.8) is 0 Å². The van der Waals surface area contributed by atoms with Crippen molar-refractivity contribution in [3.8, 4) is 0 Å². The van der Waals surface area contributed by atoms with Crippen LogP contribution in [0.2, 0.25) is 0 Å². The summed E-state index contributed by atoms with van der Waals surface area (Å²) >= 11 is 0. The van der Waals surface area contributed by atoms with Gasteiger partial charge in [0.05, 0.1) is 0 Å². The molecule has 3 heteroatoms. The molecule has 0 aliphatic heterocycles. The Hall–Kier alpha value is -1.25. The van der Waals surface area contributed by atoms with E-state index < -0.39 is 11.9 Å². The lowest BCUT2D eigenvalue weighted by molar-refractivity contribution is 0.410. The molecule has 0 bridgehead atoms. The zero-order valence-corrected chi connectivity index (χ0v) is 8.29. The van der Waals surface area contributed by atoms with E-state index in [1.165, 1.54) is 0 Å². The minimum absolute atomic E-state index is 0.00981. The van der Waals surface area contributed by atoms with E-state index in [1.54, 1.807) is 26.0 Å². The first-order valence-corrected chi connectivity index (χ1v) is 4.22. The second kappa shape index (κ2) is 3.86. The Morgan fingerprint density at radius 3 is 1.71 bits per heavy atom. The molecule has 1 rings (SSSR count). The van der Waals surface area contributed by atoms with Crippen molar-refractivity contribution in [3.05, 3.63) is 40.5 Å². The van der Waals surface area contributed by atoms with E-state index in [9.17, 15) is 13.2 Å². The Bertz CT molecular complexity index is 365. The molecule has 0 spiro atoms. The van der Waals surface area contributed by atoms with Gasteiger partial charge in [-0.1, -0.05) is 17.7 Å². The molecule has 14 heavy (non-hydrogen) atoms. The first-order chi connectivity index (χ1) is 6.43. The predicted molar refractivity (Wildman–Crippen MR) is 50.9 cm³/mol. The maximum absolute atomic E-state index is 13.0. The van der Waals surface area contributed by atoms with E-state index in [1.807, 2.05) is 6.92 Å². The van der Waals surface area contributed by atoms with Crippen LogP contribution in [0.15, 0.2) is 18.2 Å². The van der Waals surface area contributed by atoms with Gasteiger partial charge in [0.1, 0.15) is 0 Å². The highest BCUT2D eigenvalue weighted by molar-refractivity contribution is 5.66. The van der Waals surface area contributed by atoms with Crippen molar-refractivity contribution in [2.75, 3.05) is 0 Å². The van der Waals surface area contributed by atoms with Crippen LogP contribution in [0.3, 0.4) is 0 Å². The lowest BCUT2D eigenvalue weighted by Gasteiger charge is -2.08. The first-order valence-electron chi connectivity index (χ1n) is 4.22. The van der Waals surface area contributed by atoms with Crippen LogP contribution >= 0.6 is 0 Å². The van der Waals surface area contributed by atoms with Crippen LogP contribution in [0.5, 0.6) is 0 Å². The number of hydrogen-bond acceptors (Lipinski definition) is 0. The largest absolute Gasteiger partial charge is 0.306 e. The van der Waals surface area contributed by atoms with Gasteiger partial charge in [0.15, 0.2) is 5.83 Å². The predicted octanol–water partition coefficient (Wildman–Crippen LogP) is 4.15. The second-order valence-corrected chi connectivity index (χ2v) is 3.35. The summed E-state index contributed by atoms with van der Waals surface area (Å²) in [6, 6.07) is 3.37. The summed E-state index contributed by atoms with van der Waals surface area (Å²) in [5.41, 5.74) is 2.02. The normalized spacial score (nSPS) is 10.1. The highest BCUT2D eigenvalue weighted by Crippen LogP contribution is 2.28. The van der Waals surface area contributed by atoms with Gasteiger partial charge in [-0.3, -0.25) is 0 Å². The standard InChI is InChI=1S/C11H11F3/c1-6-4-7(2)9(8(3)5-6)10(12)11(13)14/h4-5H,1-3H3. The fraction of sp³-hybridized carbons (Fsp3) is 0.273. The van der Waals surface area contributed by atoms with E-state index in [-0.39, 0.29) is 5.56 Å². The second-order valence-electron chi connectivity index (χ2n) is 3.35. The van der Waals surface area contributed by atoms with Crippen LogP contribution in [-0.2, 0) is 0 Å². The summed E-state index contributed by atoms with van der Waals surface area (Å²) in [6.07, 6.45) is -2.26. The van der Waals surface area contributed by atoms with Crippen LogP contribution in [0.25, 0.3) is 5.83 Å². The zero-order valence-electron chi connectivity index (χ0n) is 8.29. The van der Waals surface area contributed by atoms with Gasteiger partial charge in [-0.15, -0.1) is 0 Å². The third kappa shape index (κ3) is 1.97. The minimum Gasteiger partial charge on any atom is -0.200 e. The Labute approximate surface area is 81.1 Å². The number of aryl methyl sites for hydroxylation is 3. The molecule has 0 unspecified atom stereocenters. The summed E-state index contributed by atoms with van der Waals surface area (Å²) in [7, 11) is 0. The SMILES string of the molecule is Cc1cc(C)c(C(F)=C(F)F)c(C)c1. The smallest absolute Gasteiger partial charge is 0.200 e. The Morgan fingerprint density at radius 1 is 0.929 bits per heavy atom. The molecule has 0 aromatic heterocycles. The van der Waals surface area contributed by atoms with Crippen LogP contribution < -0.4 is 0 Å². The van der Waals surface area contributed by atoms with E-state index in [4.69, 9.17) is 0 Å². The van der Waals surface area contributed by atoms with Crippen LogP contribution in [-0.4, -0.2) is 0 Å². The highest BCUT2D eigenvalue weighted by Gasteiger charge is 2.14. The van der Waals surface area contributed by atoms with Gasteiger partial charge < -0.3 is 0 Å². The minimum atomic E-state index is -2.26. The summed E-state index contributed by atoms with van der Waals surface area (Å²) in [4.78, 5) is 0. The van der Waals surface area contributed by atoms with Gasteiger partial charge in [0, 0.05) is 5.56 Å². The van der Waals surface area contributed by atoms with Gasteiger partial charge in [0.25, 0.3) is 0 Å². The van der Waals surface area contributed by atoms with Crippen LogP contribution in [0.1, 0.15) is 22.3 Å². The third-order valence-corrected chi connectivity index (χ3v) is 2.06. The van der Waals surface area contributed by atoms with Crippen molar-refractivity contribution < 1.29 is 13.2 Å². The summed E-state index contributed by atoms with van der Waals surface area (Å²) in [6.45, 7) is 5.09. The molecule has 0 heterocycles. The summed E-state index contributed by atoms with van der Waals surface area (Å²) in [5.74, 6) is -1.42. The van der Waals surface area contributed by atoms with Gasteiger partial charge >= 0.3 is 6.08 Å². The molecule has 0 aliphatic carbocycles. The Kier molecular flexibility index (Phi) is 2.99. The van der Waals surface area contributed by atoms with Gasteiger partial charge in [0.2, 0.25) is 0 Å². The Morgan fingerprint density at radius 2 is 1.36 bits per heavy atom. The molecule has 0 nitrogen and oxygen atoms in total. The lowest BCUT2D eigenvalue weighted by atomic mass is 9.99. The summed E-state index contributed by atoms with van der Waals surface area (Å²) < 4.78 is 37.2. The molecule has 0 N–H and O–H groups in total. The molecular formula is C11H11F3. The monoisotopic (exact) mass is 200 g/mol. The van der Waals surface area contributed by atoms with Crippen molar-refractivity contribution in [1.29, 1.82) is 0 Å². The first kappa shape index (κ1) is 10.8. The topological polar surface area (TPSA) is 0 Å². The van der Waals surface area contributed by atoms with Crippen LogP contribution in [0, 0.1) is 20.8 Å². The average molecular weight is 200 g/mol. The molecule has 1 aromatic carbocycles. The highest BCUT2D eigenvalue weighted by atomic mass is 19.3. The summed E-state index contributed by atoms with van der Waals surface area (Å²) in [5, 5.41) is 0. The molecule has 0 atom stereocenters. The van der Waals surface area contributed by atoms with E-state index in [2.05, 4.69) is 0 Å². The van der Waals surface area contributed by atoms with Crippen molar-refractivity contribution >= 4 is 5.83 Å². The van der Waals surface area contributed by atoms with Crippen molar-refractivity contribution in [2.24, 2.45) is 0 Å². The molecule has 0 saturated heterocycles. The number of rotatable bonds is 1. The number of hydrogen-bond donors (Lipinski definition) is 0.